The molecule has 0 saturated carbocycles. The molecule has 0 saturated heterocycles. The van der Waals surface area contributed by atoms with E-state index in [9.17, 15) is 4.79 Å². The summed E-state index contributed by atoms with van der Waals surface area (Å²) in [5.41, 5.74) is 6.76. The molecule has 1 heterocycles. The van der Waals surface area contributed by atoms with Crippen molar-refractivity contribution >= 4 is 17.3 Å². The van der Waals surface area contributed by atoms with Crippen molar-refractivity contribution in [2.75, 3.05) is 0 Å². The van der Waals surface area contributed by atoms with Crippen molar-refractivity contribution < 1.29 is 9.90 Å². The Morgan fingerprint density at radius 3 is 3.00 bits per heavy atom. The first-order valence-corrected chi connectivity index (χ1v) is 4.64. The van der Waals surface area contributed by atoms with Gasteiger partial charge in [-0.05, 0) is 28.8 Å². The number of nitrogens with two attached hydrogens (primary N) is 1. The molecule has 12 heavy (non-hydrogen) atoms. The van der Waals surface area contributed by atoms with Crippen molar-refractivity contribution in [3.63, 3.8) is 0 Å². The van der Waals surface area contributed by atoms with Gasteiger partial charge in [-0.3, -0.25) is 4.79 Å². The van der Waals surface area contributed by atoms with Gasteiger partial charge in [0.1, 0.15) is 0 Å². The Morgan fingerprint density at radius 2 is 2.50 bits per heavy atom. The van der Waals surface area contributed by atoms with E-state index in [1.54, 1.807) is 11.3 Å². The second-order valence-electron chi connectivity index (χ2n) is 2.60. The minimum atomic E-state index is -0.791. The van der Waals surface area contributed by atoms with E-state index < -0.39 is 5.97 Å². The highest BCUT2D eigenvalue weighted by Gasteiger charge is 2.07. The van der Waals surface area contributed by atoms with Gasteiger partial charge in [-0.2, -0.15) is 11.3 Å². The molecule has 3 N–H and O–H groups in total. The summed E-state index contributed by atoms with van der Waals surface area (Å²) in [5, 5.41) is 12.3. The molecule has 0 fully saturated rings. The van der Waals surface area contributed by atoms with Crippen molar-refractivity contribution in [1.29, 1.82) is 0 Å². The second kappa shape index (κ2) is 4.23. The molecule has 1 rings (SSSR count). The van der Waals surface area contributed by atoms with E-state index in [4.69, 9.17) is 10.8 Å². The van der Waals surface area contributed by atoms with Crippen LogP contribution in [-0.2, 0) is 4.79 Å². The lowest BCUT2D eigenvalue weighted by molar-refractivity contribution is -0.137. The summed E-state index contributed by atoms with van der Waals surface area (Å²) in [4.78, 5) is 10.2. The molecule has 1 unspecified atom stereocenters. The summed E-state index contributed by atoms with van der Waals surface area (Å²) in [7, 11) is 0. The maximum absolute atomic E-state index is 10.2. The highest BCUT2D eigenvalue weighted by atomic mass is 32.1. The molecule has 1 aromatic rings. The third kappa shape index (κ3) is 2.64. The topological polar surface area (TPSA) is 63.3 Å². The predicted molar refractivity (Wildman–Crippen MR) is 48.1 cm³/mol. The molecular weight excluding hydrogens is 174 g/mol. The van der Waals surface area contributed by atoms with Crippen LogP contribution >= 0.6 is 11.3 Å². The average molecular weight is 185 g/mol. The van der Waals surface area contributed by atoms with Crippen molar-refractivity contribution in [2.45, 2.75) is 18.9 Å². The summed E-state index contributed by atoms with van der Waals surface area (Å²) in [6.45, 7) is 0. The molecule has 66 valence electrons. The van der Waals surface area contributed by atoms with Gasteiger partial charge in [-0.15, -0.1) is 0 Å². The fourth-order valence-electron chi connectivity index (χ4n) is 0.932. The van der Waals surface area contributed by atoms with E-state index in [0.29, 0.717) is 6.42 Å². The van der Waals surface area contributed by atoms with Gasteiger partial charge in [0.05, 0.1) is 0 Å². The maximum atomic E-state index is 10.2. The minimum Gasteiger partial charge on any atom is -0.481 e. The Balaban J connectivity index is 2.39. The third-order valence-corrected chi connectivity index (χ3v) is 2.34. The van der Waals surface area contributed by atoms with Gasteiger partial charge >= 0.3 is 5.97 Å². The van der Waals surface area contributed by atoms with Gasteiger partial charge in [-0.1, -0.05) is 0 Å². The molecule has 0 bridgehead atoms. The van der Waals surface area contributed by atoms with Gasteiger partial charge in [0.25, 0.3) is 0 Å². The van der Waals surface area contributed by atoms with Crippen molar-refractivity contribution in [3.8, 4) is 0 Å². The SMILES string of the molecule is NC(CCC(=O)O)c1ccsc1. The smallest absolute Gasteiger partial charge is 0.303 e. The molecule has 0 aromatic carbocycles. The molecule has 0 aliphatic heterocycles. The Bertz CT molecular complexity index is 246. The average Bonchev–Trinajstić information content (AvgIpc) is 2.51. The molecule has 3 nitrogen and oxygen atoms in total. The number of hydrogen-bond acceptors (Lipinski definition) is 3. The van der Waals surface area contributed by atoms with Crippen LogP contribution in [0.4, 0.5) is 0 Å². The van der Waals surface area contributed by atoms with Crippen LogP contribution < -0.4 is 5.73 Å². The minimum absolute atomic E-state index is 0.132. The highest BCUT2D eigenvalue weighted by molar-refractivity contribution is 7.07. The first-order chi connectivity index (χ1) is 5.70. The van der Waals surface area contributed by atoms with Crippen molar-refractivity contribution in [1.82, 2.24) is 0 Å². The summed E-state index contributed by atoms with van der Waals surface area (Å²) < 4.78 is 0. The number of carboxylic acid groups (broad SMARTS) is 1. The zero-order chi connectivity index (χ0) is 8.97. The largest absolute Gasteiger partial charge is 0.481 e. The monoisotopic (exact) mass is 185 g/mol. The zero-order valence-electron chi connectivity index (χ0n) is 6.56. The van der Waals surface area contributed by atoms with Crippen molar-refractivity contribution in [2.24, 2.45) is 5.73 Å². The van der Waals surface area contributed by atoms with Crippen LogP contribution in [0.25, 0.3) is 0 Å². The predicted octanol–water partition coefficient (Wildman–Crippen LogP) is 1.61. The quantitative estimate of drug-likeness (QED) is 0.749. The van der Waals surface area contributed by atoms with Crippen LogP contribution in [0.2, 0.25) is 0 Å². The molecule has 0 spiro atoms. The van der Waals surface area contributed by atoms with E-state index >= 15 is 0 Å². The van der Waals surface area contributed by atoms with E-state index in [1.807, 2.05) is 16.8 Å². The normalized spacial score (nSPS) is 12.8. The van der Waals surface area contributed by atoms with Crippen molar-refractivity contribution in [3.05, 3.63) is 22.4 Å². The lowest BCUT2D eigenvalue weighted by atomic mass is 10.1. The lowest BCUT2D eigenvalue weighted by Gasteiger charge is -2.06. The van der Waals surface area contributed by atoms with E-state index in [2.05, 4.69) is 0 Å². The zero-order valence-corrected chi connectivity index (χ0v) is 7.38. The summed E-state index contributed by atoms with van der Waals surface area (Å²) in [5.74, 6) is -0.791. The van der Waals surface area contributed by atoms with Crippen LogP contribution in [0.3, 0.4) is 0 Å². The molecule has 0 aliphatic carbocycles. The number of aliphatic carboxylic acids is 1. The molecular formula is C8H11NO2S. The van der Waals surface area contributed by atoms with E-state index in [1.165, 1.54) is 0 Å². The molecule has 4 heteroatoms. The molecule has 1 aromatic heterocycles. The van der Waals surface area contributed by atoms with Gasteiger partial charge < -0.3 is 10.8 Å². The van der Waals surface area contributed by atoms with E-state index in [0.717, 1.165) is 5.56 Å². The van der Waals surface area contributed by atoms with Gasteiger partial charge in [0.15, 0.2) is 0 Å². The number of carboxylic acids is 1. The Hall–Kier alpha value is -0.870. The standard InChI is InChI=1S/C8H11NO2S/c9-7(1-2-8(10)11)6-3-4-12-5-6/h3-5,7H,1-2,9H2,(H,10,11). The molecule has 0 amide bonds. The van der Waals surface area contributed by atoms with Crippen LogP contribution in [0.1, 0.15) is 24.4 Å². The highest BCUT2D eigenvalue weighted by Crippen LogP contribution is 2.17. The molecule has 0 radical (unpaired) electrons. The van der Waals surface area contributed by atoms with Crippen LogP contribution in [-0.4, -0.2) is 11.1 Å². The Morgan fingerprint density at radius 1 is 1.75 bits per heavy atom. The third-order valence-electron chi connectivity index (χ3n) is 1.64. The number of thiophene rings is 1. The van der Waals surface area contributed by atoms with Crippen LogP contribution in [0.15, 0.2) is 16.8 Å². The van der Waals surface area contributed by atoms with Crippen LogP contribution in [0, 0.1) is 0 Å². The summed E-state index contributed by atoms with van der Waals surface area (Å²) in [6, 6.07) is 1.80. The van der Waals surface area contributed by atoms with E-state index in [-0.39, 0.29) is 12.5 Å². The number of rotatable bonds is 4. The molecule has 1 atom stereocenters. The lowest BCUT2D eigenvalue weighted by Crippen LogP contribution is -2.11. The fraction of sp³-hybridized carbons (Fsp3) is 0.375. The first kappa shape index (κ1) is 9.22. The maximum Gasteiger partial charge on any atom is 0.303 e. The number of hydrogen-bond donors (Lipinski definition) is 2. The van der Waals surface area contributed by atoms with Gasteiger partial charge in [-0.25, -0.2) is 0 Å². The van der Waals surface area contributed by atoms with Crippen LogP contribution in [0.5, 0.6) is 0 Å². The number of carbonyl (C=O) groups is 1. The molecule has 0 aliphatic rings. The summed E-state index contributed by atoms with van der Waals surface area (Å²) >= 11 is 1.57. The Kier molecular flexibility index (Phi) is 3.25. The fourth-order valence-corrected chi connectivity index (χ4v) is 1.66. The summed E-state index contributed by atoms with van der Waals surface area (Å²) in [6.07, 6.45) is 0.642. The second-order valence-corrected chi connectivity index (χ2v) is 3.38. The van der Waals surface area contributed by atoms with Gasteiger partial charge in [0, 0.05) is 12.5 Å². The van der Waals surface area contributed by atoms with Gasteiger partial charge in [0.2, 0.25) is 0 Å². The first-order valence-electron chi connectivity index (χ1n) is 3.69. The Labute approximate surface area is 74.8 Å².